The third-order valence-corrected chi connectivity index (χ3v) is 4.18. The molecule has 5 nitrogen and oxygen atoms in total. The molecule has 2 N–H and O–H groups in total. The lowest BCUT2D eigenvalue weighted by Gasteiger charge is -2.28. The molecule has 2 rings (SSSR count). The van der Waals surface area contributed by atoms with Crippen LogP contribution in [-0.4, -0.2) is 22.2 Å². The highest BCUT2D eigenvalue weighted by atomic mass is 79.9. The number of nitrogens with one attached hydrogen (secondary N) is 1. The molecule has 1 aliphatic carbocycles. The minimum absolute atomic E-state index is 0.0727. The van der Waals surface area contributed by atoms with Crippen LogP contribution in [0.2, 0.25) is 0 Å². The van der Waals surface area contributed by atoms with Crippen molar-refractivity contribution in [2.45, 2.75) is 44.4 Å². The van der Waals surface area contributed by atoms with Gasteiger partial charge in [0.1, 0.15) is 0 Å². The summed E-state index contributed by atoms with van der Waals surface area (Å²) in [5.41, 5.74) is 0.927. The Hall–Kier alpha value is -0.980. The Bertz CT molecular complexity index is 467. The van der Waals surface area contributed by atoms with Crippen molar-refractivity contribution in [3.05, 3.63) is 38.3 Å². The third kappa shape index (κ3) is 3.75. The number of nitrogens with zero attached hydrogens (tertiary/aromatic N) is 1. The van der Waals surface area contributed by atoms with Crippen molar-refractivity contribution < 1.29 is 10.0 Å². The monoisotopic (exact) mass is 328 g/mol. The molecule has 2 atom stereocenters. The number of hydrogen-bond acceptors (Lipinski definition) is 4. The molecule has 0 amide bonds. The van der Waals surface area contributed by atoms with Crippen molar-refractivity contribution in [1.29, 1.82) is 0 Å². The van der Waals surface area contributed by atoms with Gasteiger partial charge < -0.3 is 10.4 Å². The topological polar surface area (TPSA) is 75.4 Å². The van der Waals surface area contributed by atoms with Crippen LogP contribution in [0.5, 0.6) is 0 Å². The van der Waals surface area contributed by atoms with Crippen molar-refractivity contribution in [3.63, 3.8) is 0 Å². The second-order valence-electron chi connectivity index (χ2n) is 4.88. The van der Waals surface area contributed by atoms with Gasteiger partial charge in [-0.3, -0.25) is 10.1 Å². The number of halogens is 1. The Morgan fingerprint density at radius 1 is 1.42 bits per heavy atom. The second kappa shape index (κ2) is 6.45. The highest BCUT2D eigenvalue weighted by Gasteiger charge is 2.22. The lowest BCUT2D eigenvalue weighted by Crippen LogP contribution is -2.41. The summed E-state index contributed by atoms with van der Waals surface area (Å²) in [6, 6.07) is 5.19. The van der Waals surface area contributed by atoms with Crippen LogP contribution in [0.25, 0.3) is 0 Å². The van der Waals surface area contributed by atoms with Crippen LogP contribution >= 0.6 is 15.9 Å². The smallest absolute Gasteiger partial charge is 0.283 e. The SMILES string of the molecule is O=[N+]([O-])c1cc(CNC2CCCCC2O)ccc1Br. The fraction of sp³-hybridized carbons (Fsp3) is 0.538. The molecular weight excluding hydrogens is 312 g/mol. The van der Waals surface area contributed by atoms with Crippen molar-refractivity contribution in [2.24, 2.45) is 0 Å². The lowest BCUT2D eigenvalue weighted by molar-refractivity contribution is -0.385. The first-order chi connectivity index (χ1) is 9.08. The fourth-order valence-corrected chi connectivity index (χ4v) is 2.80. The van der Waals surface area contributed by atoms with E-state index in [2.05, 4.69) is 21.2 Å². The van der Waals surface area contributed by atoms with Gasteiger partial charge in [0.25, 0.3) is 5.69 Å². The molecule has 0 aromatic heterocycles. The van der Waals surface area contributed by atoms with E-state index in [1.165, 1.54) is 0 Å². The number of rotatable bonds is 4. The highest BCUT2D eigenvalue weighted by Crippen LogP contribution is 2.26. The van der Waals surface area contributed by atoms with E-state index in [1.54, 1.807) is 12.1 Å². The molecule has 1 saturated carbocycles. The molecule has 0 bridgehead atoms. The predicted octanol–water partition coefficient (Wildman–Crippen LogP) is 2.75. The number of aliphatic hydroxyl groups excluding tert-OH is 1. The van der Waals surface area contributed by atoms with Crippen LogP contribution in [0.1, 0.15) is 31.2 Å². The van der Waals surface area contributed by atoms with Crippen LogP contribution in [0.15, 0.2) is 22.7 Å². The molecule has 6 heteroatoms. The van der Waals surface area contributed by atoms with Gasteiger partial charge in [-0.1, -0.05) is 18.9 Å². The summed E-state index contributed by atoms with van der Waals surface area (Å²) < 4.78 is 0.485. The van der Waals surface area contributed by atoms with E-state index in [-0.39, 0.29) is 17.8 Å². The minimum Gasteiger partial charge on any atom is -0.392 e. The average Bonchev–Trinajstić information content (AvgIpc) is 2.39. The number of benzene rings is 1. The molecule has 0 spiro atoms. The molecule has 104 valence electrons. The average molecular weight is 329 g/mol. The Labute approximate surface area is 120 Å². The van der Waals surface area contributed by atoms with Crippen molar-refractivity contribution >= 4 is 21.6 Å². The summed E-state index contributed by atoms with van der Waals surface area (Å²) in [5.74, 6) is 0. The second-order valence-corrected chi connectivity index (χ2v) is 5.74. The first-order valence-electron chi connectivity index (χ1n) is 6.42. The van der Waals surface area contributed by atoms with Crippen molar-refractivity contribution in [2.75, 3.05) is 0 Å². The molecular formula is C13H17BrN2O3. The van der Waals surface area contributed by atoms with Gasteiger partial charge in [0.2, 0.25) is 0 Å². The minimum atomic E-state index is -0.400. The molecule has 0 aliphatic heterocycles. The maximum atomic E-state index is 10.8. The van der Waals surface area contributed by atoms with Gasteiger partial charge in [-0.05, 0) is 40.4 Å². The molecule has 0 saturated heterocycles. The van der Waals surface area contributed by atoms with E-state index >= 15 is 0 Å². The van der Waals surface area contributed by atoms with Crippen LogP contribution < -0.4 is 5.32 Å². The van der Waals surface area contributed by atoms with E-state index in [1.807, 2.05) is 6.07 Å². The molecule has 0 radical (unpaired) electrons. The summed E-state index contributed by atoms with van der Waals surface area (Å²) in [6.45, 7) is 0.538. The Morgan fingerprint density at radius 3 is 2.84 bits per heavy atom. The van der Waals surface area contributed by atoms with Crippen LogP contribution in [0, 0.1) is 10.1 Å². The standard InChI is InChI=1S/C13H17BrN2O3/c14-10-6-5-9(7-12(10)16(18)19)8-15-11-3-1-2-4-13(11)17/h5-7,11,13,15,17H,1-4,8H2. The van der Waals surface area contributed by atoms with Gasteiger partial charge in [0, 0.05) is 18.7 Å². The van der Waals surface area contributed by atoms with Gasteiger partial charge in [0.15, 0.2) is 0 Å². The summed E-state index contributed by atoms with van der Waals surface area (Å²) in [6.07, 6.45) is 3.68. The highest BCUT2D eigenvalue weighted by molar-refractivity contribution is 9.10. The Kier molecular flexibility index (Phi) is 4.90. The number of aliphatic hydroxyl groups is 1. The van der Waals surface area contributed by atoms with E-state index in [0.29, 0.717) is 11.0 Å². The van der Waals surface area contributed by atoms with Gasteiger partial charge in [0.05, 0.1) is 15.5 Å². The van der Waals surface area contributed by atoms with E-state index in [0.717, 1.165) is 31.2 Å². The summed E-state index contributed by atoms with van der Waals surface area (Å²) in [4.78, 5) is 10.4. The normalized spacial score (nSPS) is 23.3. The number of hydrogen-bond donors (Lipinski definition) is 2. The van der Waals surface area contributed by atoms with Crippen LogP contribution in [0.3, 0.4) is 0 Å². The molecule has 19 heavy (non-hydrogen) atoms. The molecule has 1 aliphatic rings. The third-order valence-electron chi connectivity index (χ3n) is 3.51. The van der Waals surface area contributed by atoms with Crippen LogP contribution in [0.4, 0.5) is 5.69 Å². The zero-order chi connectivity index (χ0) is 13.8. The molecule has 1 aromatic carbocycles. The lowest BCUT2D eigenvalue weighted by atomic mass is 9.92. The molecule has 1 aromatic rings. The van der Waals surface area contributed by atoms with E-state index in [9.17, 15) is 15.2 Å². The van der Waals surface area contributed by atoms with E-state index in [4.69, 9.17) is 0 Å². The molecule has 2 unspecified atom stereocenters. The Balaban J connectivity index is 1.99. The number of nitro groups is 1. The Morgan fingerprint density at radius 2 is 2.16 bits per heavy atom. The van der Waals surface area contributed by atoms with Gasteiger partial charge in [-0.2, -0.15) is 0 Å². The zero-order valence-electron chi connectivity index (χ0n) is 10.5. The van der Waals surface area contributed by atoms with Gasteiger partial charge in [-0.15, -0.1) is 0 Å². The quantitative estimate of drug-likeness (QED) is 0.658. The van der Waals surface area contributed by atoms with Crippen molar-refractivity contribution in [1.82, 2.24) is 5.32 Å². The summed E-state index contributed by atoms with van der Waals surface area (Å²) in [5, 5.41) is 24.0. The summed E-state index contributed by atoms with van der Waals surface area (Å²) in [7, 11) is 0. The zero-order valence-corrected chi connectivity index (χ0v) is 12.1. The molecule has 1 fully saturated rings. The maximum Gasteiger partial charge on any atom is 0.283 e. The first kappa shape index (κ1) is 14.4. The predicted molar refractivity (Wildman–Crippen MR) is 75.9 cm³/mol. The fourth-order valence-electron chi connectivity index (χ4n) is 2.41. The van der Waals surface area contributed by atoms with Gasteiger partial charge >= 0.3 is 0 Å². The molecule has 0 heterocycles. The first-order valence-corrected chi connectivity index (χ1v) is 7.21. The van der Waals surface area contributed by atoms with Crippen LogP contribution in [-0.2, 0) is 6.54 Å². The van der Waals surface area contributed by atoms with Crippen molar-refractivity contribution in [3.8, 4) is 0 Å². The summed E-state index contributed by atoms with van der Waals surface area (Å²) >= 11 is 3.17. The number of nitro benzene ring substituents is 1. The largest absolute Gasteiger partial charge is 0.392 e. The van der Waals surface area contributed by atoms with E-state index < -0.39 is 4.92 Å². The maximum absolute atomic E-state index is 10.8. The van der Waals surface area contributed by atoms with Gasteiger partial charge in [-0.25, -0.2) is 0 Å².